The number of sulfonamides is 1. The average Bonchev–Trinajstić information content (AvgIpc) is 2.82. The van der Waals surface area contributed by atoms with E-state index < -0.39 is 10.0 Å². The summed E-state index contributed by atoms with van der Waals surface area (Å²) in [6.45, 7) is 1.38. The molecule has 0 fully saturated rings. The van der Waals surface area contributed by atoms with Gasteiger partial charge in [0.2, 0.25) is 10.0 Å². The number of hydrogen-bond donors (Lipinski definition) is 2. The van der Waals surface area contributed by atoms with E-state index >= 15 is 0 Å². The normalized spacial score (nSPS) is 14.3. The van der Waals surface area contributed by atoms with Crippen molar-refractivity contribution in [1.29, 1.82) is 0 Å². The van der Waals surface area contributed by atoms with Crippen molar-refractivity contribution in [2.45, 2.75) is 17.7 Å². The van der Waals surface area contributed by atoms with Crippen LogP contribution >= 0.6 is 11.8 Å². The van der Waals surface area contributed by atoms with E-state index in [9.17, 15) is 8.42 Å². The third-order valence-electron chi connectivity index (χ3n) is 2.92. The molecule has 1 heterocycles. The van der Waals surface area contributed by atoms with Crippen molar-refractivity contribution in [3.63, 3.8) is 0 Å². The Morgan fingerprint density at radius 1 is 1.44 bits per heavy atom. The third-order valence-corrected chi connectivity index (χ3v) is 5.07. The van der Waals surface area contributed by atoms with Gasteiger partial charge in [-0.2, -0.15) is 11.8 Å². The largest absolute Gasteiger partial charge is 0.384 e. The molecular weight excluding hydrogens is 268 g/mol. The molecule has 18 heavy (non-hydrogen) atoms. The maximum Gasteiger partial charge on any atom is 0.240 e. The second-order valence-electron chi connectivity index (χ2n) is 4.24. The molecule has 0 saturated carbocycles. The highest BCUT2D eigenvalue weighted by atomic mass is 32.2. The first-order valence-electron chi connectivity index (χ1n) is 5.99. The molecule has 2 rings (SSSR count). The fourth-order valence-electron chi connectivity index (χ4n) is 1.94. The van der Waals surface area contributed by atoms with Crippen LogP contribution in [0.5, 0.6) is 0 Å². The topological polar surface area (TPSA) is 58.2 Å². The standard InChI is InChI=1S/C12H18N2O2S2/c1-17-8-2-6-14-18(15,16)11-4-3-10-5-7-13-12(10)9-11/h3-4,9,13-14H,2,5-8H2,1H3. The van der Waals surface area contributed by atoms with Crippen LogP contribution < -0.4 is 10.0 Å². The van der Waals surface area contributed by atoms with Crippen LogP contribution in [0.25, 0.3) is 0 Å². The molecule has 0 unspecified atom stereocenters. The van der Waals surface area contributed by atoms with E-state index in [0.29, 0.717) is 11.4 Å². The molecule has 0 amide bonds. The predicted molar refractivity (Wildman–Crippen MR) is 76.8 cm³/mol. The van der Waals surface area contributed by atoms with Gasteiger partial charge >= 0.3 is 0 Å². The number of benzene rings is 1. The van der Waals surface area contributed by atoms with Gasteiger partial charge in [-0.1, -0.05) is 6.07 Å². The van der Waals surface area contributed by atoms with E-state index in [2.05, 4.69) is 10.0 Å². The molecule has 0 aliphatic carbocycles. The fraction of sp³-hybridized carbons (Fsp3) is 0.500. The highest BCUT2D eigenvalue weighted by Crippen LogP contribution is 2.25. The predicted octanol–water partition coefficient (Wildman–Crippen LogP) is 1.69. The molecule has 0 saturated heterocycles. The molecular formula is C12H18N2O2S2. The lowest BCUT2D eigenvalue weighted by Crippen LogP contribution is -2.25. The number of anilines is 1. The number of hydrogen-bond acceptors (Lipinski definition) is 4. The summed E-state index contributed by atoms with van der Waals surface area (Å²) in [6.07, 6.45) is 3.83. The summed E-state index contributed by atoms with van der Waals surface area (Å²) in [5.74, 6) is 0.967. The van der Waals surface area contributed by atoms with Gasteiger partial charge in [0.25, 0.3) is 0 Å². The molecule has 2 N–H and O–H groups in total. The minimum Gasteiger partial charge on any atom is -0.384 e. The number of nitrogens with one attached hydrogen (secondary N) is 2. The minimum absolute atomic E-state index is 0.347. The van der Waals surface area contributed by atoms with Gasteiger partial charge in [-0.15, -0.1) is 0 Å². The quantitative estimate of drug-likeness (QED) is 0.781. The summed E-state index contributed by atoms with van der Waals surface area (Å²) < 4.78 is 26.7. The van der Waals surface area contributed by atoms with Gasteiger partial charge in [0, 0.05) is 18.8 Å². The fourth-order valence-corrected chi connectivity index (χ4v) is 3.48. The lowest BCUT2D eigenvalue weighted by molar-refractivity contribution is 0.581. The molecule has 1 aromatic rings. The minimum atomic E-state index is -3.36. The van der Waals surface area contributed by atoms with Gasteiger partial charge in [-0.3, -0.25) is 0 Å². The zero-order valence-electron chi connectivity index (χ0n) is 10.4. The molecule has 6 heteroatoms. The third kappa shape index (κ3) is 3.18. The van der Waals surface area contributed by atoms with Crippen LogP contribution in [-0.2, 0) is 16.4 Å². The molecule has 1 aliphatic rings. The van der Waals surface area contributed by atoms with Gasteiger partial charge in [-0.25, -0.2) is 13.1 Å². The van der Waals surface area contributed by atoms with E-state index in [1.807, 2.05) is 12.3 Å². The Hall–Kier alpha value is -0.720. The summed E-state index contributed by atoms with van der Waals surface area (Å²) in [6, 6.07) is 5.30. The van der Waals surface area contributed by atoms with Crippen LogP contribution in [0.2, 0.25) is 0 Å². The lowest BCUT2D eigenvalue weighted by Gasteiger charge is -2.08. The SMILES string of the molecule is CSCCCNS(=O)(=O)c1ccc2c(c1)NCC2. The Labute approximate surface area is 113 Å². The van der Waals surface area contributed by atoms with E-state index in [-0.39, 0.29) is 0 Å². The van der Waals surface area contributed by atoms with Gasteiger partial charge in [0.1, 0.15) is 0 Å². The first-order chi connectivity index (χ1) is 8.63. The van der Waals surface area contributed by atoms with E-state index in [1.165, 1.54) is 5.56 Å². The first-order valence-corrected chi connectivity index (χ1v) is 8.86. The second kappa shape index (κ2) is 5.95. The number of thioether (sulfide) groups is 1. The van der Waals surface area contributed by atoms with Crippen molar-refractivity contribution in [2.75, 3.05) is 30.4 Å². The van der Waals surface area contributed by atoms with Gasteiger partial charge < -0.3 is 5.32 Å². The number of rotatable bonds is 6. The van der Waals surface area contributed by atoms with Crippen LogP contribution in [0.15, 0.2) is 23.1 Å². The highest BCUT2D eigenvalue weighted by molar-refractivity contribution is 7.98. The van der Waals surface area contributed by atoms with E-state index in [4.69, 9.17) is 0 Å². The maximum absolute atomic E-state index is 12.0. The van der Waals surface area contributed by atoms with Crippen LogP contribution in [-0.4, -0.2) is 33.5 Å². The van der Waals surface area contributed by atoms with Crippen molar-refractivity contribution >= 4 is 27.5 Å². The van der Waals surface area contributed by atoms with Crippen molar-refractivity contribution < 1.29 is 8.42 Å². The summed E-state index contributed by atoms with van der Waals surface area (Å²) in [4.78, 5) is 0.347. The molecule has 0 aromatic heterocycles. The van der Waals surface area contributed by atoms with Crippen LogP contribution in [0, 0.1) is 0 Å². The van der Waals surface area contributed by atoms with Crippen molar-refractivity contribution in [3.8, 4) is 0 Å². The summed E-state index contributed by atoms with van der Waals surface area (Å²) in [5.41, 5.74) is 2.14. The van der Waals surface area contributed by atoms with Gasteiger partial charge in [0.05, 0.1) is 4.90 Å². The molecule has 100 valence electrons. The second-order valence-corrected chi connectivity index (χ2v) is 6.99. The summed E-state index contributed by atoms with van der Waals surface area (Å²) in [7, 11) is -3.36. The van der Waals surface area contributed by atoms with E-state index in [1.54, 1.807) is 23.9 Å². The number of fused-ring (bicyclic) bond motifs is 1. The van der Waals surface area contributed by atoms with Crippen LogP contribution in [0.4, 0.5) is 5.69 Å². The molecule has 1 aliphatic heterocycles. The Morgan fingerprint density at radius 3 is 3.06 bits per heavy atom. The summed E-state index contributed by atoms with van der Waals surface area (Å²) >= 11 is 1.72. The van der Waals surface area contributed by atoms with Crippen LogP contribution in [0.3, 0.4) is 0 Å². The lowest BCUT2D eigenvalue weighted by atomic mass is 10.2. The zero-order valence-corrected chi connectivity index (χ0v) is 12.0. The molecule has 1 aromatic carbocycles. The van der Waals surface area contributed by atoms with Crippen LogP contribution in [0.1, 0.15) is 12.0 Å². The first kappa shape index (κ1) is 13.7. The average molecular weight is 286 g/mol. The maximum atomic E-state index is 12.0. The molecule has 4 nitrogen and oxygen atoms in total. The Bertz CT molecular complexity index is 515. The van der Waals surface area contributed by atoms with E-state index in [0.717, 1.165) is 30.8 Å². The highest BCUT2D eigenvalue weighted by Gasteiger charge is 2.17. The Morgan fingerprint density at radius 2 is 2.28 bits per heavy atom. The molecule has 0 spiro atoms. The van der Waals surface area contributed by atoms with Crippen molar-refractivity contribution in [3.05, 3.63) is 23.8 Å². The van der Waals surface area contributed by atoms with Crippen molar-refractivity contribution in [2.24, 2.45) is 0 Å². The van der Waals surface area contributed by atoms with Gasteiger partial charge in [0.15, 0.2) is 0 Å². The smallest absolute Gasteiger partial charge is 0.240 e. The Balaban J connectivity index is 2.05. The Kier molecular flexibility index (Phi) is 4.53. The molecule has 0 bridgehead atoms. The van der Waals surface area contributed by atoms with Gasteiger partial charge in [-0.05, 0) is 42.5 Å². The molecule has 0 radical (unpaired) electrons. The summed E-state index contributed by atoms with van der Waals surface area (Å²) in [5, 5.41) is 3.19. The van der Waals surface area contributed by atoms with Crippen molar-refractivity contribution in [1.82, 2.24) is 4.72 Å². The monoisotopic (exact) mass is 286 g/mol. The zero-order chi connectivity index (χ0) is 13.0. The molecule has 0 atom stereocenters.